The maximum absolute atomic E-state index is 11.9. The molecule has 0 spiro atoms. The molecule has 0 saturated heterocycles. The van der Waals surface area contributed by atoms with Gasteiger partial charge >= 0.3 is 5.56 Å². The summed E-state index contributed by atoms with van der Waals surface area (Å²) >= 11 is 1.36. The molecule has 0 saturated carbocycles. The highest BCUT2D eigenvalue weighted by Crippen LogP contribution is 2.27. The average molecular weight is 268 g/mol. The Kier molecular flexibility index (Phi) is 2.85. The SMILES string of the molecule is Cc1cccc2c3ccsc3c(=O)n(O)c12.Cl. The summed E-state index contributed by atoms with van der Waals surface area (Å²) in [6.45, 7) is 1.88. The molecule has 0 unspecified atom stereocenters. The first-order valence-electron chi connectivity index (χ1n) is 4.91. The smallest absolute Gasteiger partial charge is 0.301 e. The number of pyridine rings is 1. The average Bonchev–Trinajstić information content (AvgIpc) is 2.74. The number of nitrogens with zero attached hydrogens (tertiary/aromatic N) is 1. The van der Waals surface area contributed by atoms with Crippen LogP contribution in [0.4, 0.5) is 0 Å². The van der Waals surface area contributed by atoms with E-state index in [4.69, 9.17) is 0 Å². The van der Waals surface area contributed by atoms with Gasteiger partial charge in [-0.05, 0) is 23.9 Å². The van der Waals surface area contributed by atoms with E-state index in [1.54, 1.807) is 0 Å². The van der Waals surface area contributed by atoms with Gasteiger partial charge in [0.05, 0.1) is 5.52 Å². The van der Waals surface area contributed by atoms with Crippen molar-refractivity contribution in [1.29, 1.82) is 0 Å². The van der Waals surface area contributed by atoms with Gasteiger partial charge in [-0.2, -0.15) is 0 Å². The Morgan fingerprint density at radius 2 is 2.00 bits per heavy atom. The van der Waals surface area contributed by atoms with Gasteiger partial charge in [0.15, 0.2) is 0 Å². The van der Waals surface area contributed by atoms with E-state index in [1.165, 1.54) is 11.3 Å². The topological polar surface area (TPSA) is 42.2 Å². The first kappa shape index (κ1) is 12.0. The number of hydrogen-bond donors (Lipinski definition) is 1. The Morgan fingerprint density at radius 1 is 1.24 bits per heavy atom. The third-order valence-electron chi connectivity index (χ3n) is 2.79. The molecule has 3 rings (SSSR count). The minimum Gasteiger partial charge on any atom is -0.425 e. The van der Waals surface area contributed by atoms with Gasteiger partial charge in [-0.1, -0.05) is 18.2 Å². The van der Waals surface area contributed by atoms with Crippen molar-refractivity contribution in [1.82, 2.24) is 4.73 Å². The van der Waals surface area contributed by atoms with Crippen LogP contribution in [0.3, 0.4) is 0 Å². The van der Waals surface area contributed by atoms with E-state index in [-0.39, 0.29) is 18.0 Å². The van der Waals surface area contributed by atoms with Crippen LogP contribution in [0.5, 0.6) is 0 Å². The summed E-state index contributed by atoms with van der Waals surface area (Å²) < 4.78 is 1.35. The van der Waals surface area contributed by atoms with Crippen molar-refractivity contribution < 1.29 is 5.21 Å². The first-order chi connectivity index (χ1) is 7.70. The van der Waals surface area contributed by atoms with Crippen molar-refractivity contribution in [3.63, 3.8) is 0 Å². The second kappa shape index (κ2) is 4.05. The van der Waals surface area contributed by atoms with Gasteiger partial charge in [0, 0.05) is 10.8 Å². The zero-order chi connectivity index (χ0) is 11.3. The zero-order valence-corrected chi connectivity index (χ0v) is 10.6. The highest BCUT2D eigenvalue weighted by Gasteiger charge is 2.11. The maximum Gasteiger partial charge on any atom is 0.301 e. The molecule has 0 amide bonds. The third kappa shape index (κ3) is 1.52. The number of halogens is 1. The van der Waals surface area contributed by atoms with Crippen LogP contribution >= 0.6 is 23.7 Å². The van der Waals surface area contributed by atoms with Crippen LogP contribution in [0.25, 0.3) is 21.0 Å². The summed E-state index contributed by atoms with van der Waals surface area (Å²) in [5.41, 5.74) is 1.15. The van der Waals surface area contributed by atoms with E-state index < -0.39 is 0 Å². The van der Waals surface area contributed by atoms with Crippen molar-refractivity contribution in [3.8, 4) is 0 Å². The van der Waals surface area contributed by atoms with Gasteiger partial charge < -0.3 is 5.21 Å². The summed E-state index contributed by atoms with van der Waals surface area (Å²) in [5, 5.41) is 13.6. The van der Waals surface area contributed by atoms with Gasteiger partial charge in [-0.3, -0.25) is 4.79 Å². The fourth-order valence-corrected chi connectivity index (χ4v) is 2.87. The molecule has 0 bridgehead atoms. The highest BCUT2D eigenvalue weighted by molar-refractivity contribution is 7.17. The predicted octanol–water partition coefficient (Wildman–Crippen LogP) is 3.18. The van der Waals surface area contributed by atoms with E-state index >= 15 is 0 Å². The van der Waals surface area contributed by atoms with Crippen molar-refractivity contribution >= 4 is 44.7 Å². The molecule has 0 aliphatic heterocycles. The molecule has 17 heavy (non-hydrogen) atoms. The number of benzene rings is 1. The minimum atomic E-state index is -0.341. The lowest BCUT2D eigenvalue weighted by molar-refractivity contribution is 0.190. The number of para-hydroxylation sites is 1. The van der Waals surface area contributed by atoms with E-state index in [2.05, 4.69) is 0 Å². The van der Waals surface area contributed by atoms with Gasteiger partial charge in [-0.25, -0.2) is 0 Å². The van der Waals surface area contributed by atoms with Crippen molar-refractivity contribution in [2.45, 2.75) is 6.92 Å². The fourth-order valence-electron chi connectivity index (χ4n) is 2.04. The lowest BCUT2D eigenvalue weighted by Gasteiger charge is -2.07. The lowest BCUT2D eigenvalue weighted by atomic mass is 10.1. The molecule has 0 atom stereocenters. The number of thiophene rings is 1. The number of aromatic nitrogens is 1. The van der Waals surface area contributed by atoms with E-state index in [0.29, 0.717) is 10.2 Å². The van der Waals surface area contributed by atoms with Crippen LogP contribution in [0.15, 0.2) is 34.4 Å². The van der Waals surface area contributed by atoms with Crippen LogP contribution in [-0.2, 0) is 0 Å². The fraction of sp³-hybridized carbons (Fsp3) is 0.0833. The molecular weight excluding hydrogens is 258 g/mol. The maximum atomic E-state index is 11.9. The van der Waals surface area contributed by atoms with Crippen LogP contribution < -0.4 is 5.56 Å². The Morgan fingerprint density at radius 3 is 2.76 bits per heavy atom. The molecule has 0 radical (unpaired) electrons. The molecule has 3 aromatic rings. The van der Waals surface area contributed by atoms with Crippen LogP contribution in [0, 0.1) is 6.92 Å². The van der Waals surface area contributed by atoms with Gasteiger partial charge in [0.2, 0.25) is 0 Å². The van der Waals surface area contributed by atoms with Crippen molar-refractivity contribution in [2.24, 2.45) is 0 Å². The summed E-state index contributed by atoms with van der Waals surface area (Å²) in [6, 6.07) is 7.65. The Hall–Kier alpha value is -1.52. The Labute approximate surface area is 107 Å². The molecule has 1 aromatic carbocycles. The molecular formula is C12H10ClNO2S. The largest absolute Gasteiger partial charge is 0.425 e. The van der Waals surface area contributed by atoms with E-state index in [9.17, 15) is 10.0 Å². The summed E-state index contributed by atoms with van der Waals surface area (Å²) in [4.78, 5) is 11.9. The van der Waals surface area contributed by atoms with Gasteiger partial charge in [-0.15, -0.1) is 28.5 Å². The van der Waals surface area contributed by atoms with E-state index in [1.807, 2.05) is 36.6 Å². The summed E-state index contributed by atoms with van der Waals surface area (Å²) in [5.74, 6) is 0. The first-order valence-corrected chi connectivity index (χ1v) is 5.79. The number of hydrogen-bond acceptors (Lipinski definition) is 3. The van der Waals surface area contributed by atoms with E-state index in [0.717, 1.165) is 21.1 Å². The summed E-state index contributed by atoms with van der Waals surface area (Å²) in [7, 11) is 0. The van der Waals surface area contributed by atoms with Crippen molar-refractivity contribution in [3.05, 3.63) is 45.6 Å². The highest BCUT2D eigenvalue weighted by atomic mass is 35.5. The molecule has 0 aliphatic rings. The molecule has 0 fully saturated rings. The summed E-state index contributed by atoms with van der Waals surface area (Å²) in [6.07, 6.45) is 0. The quantitative estimate of drug-likeness (QED) is 0.636. The van der Waals surface area contributed by atoms with Crippen molar-refractivity contribution in [2.75, 3.05) is 0 Å². The molecule has 5 heteroatoms. The Balaban J connectivity index is 0.00000108. The standard InChI is InChI=1S/C12H9NO2S.ClH/c1-7-3-2-4-8-9-5-6-16-11(9)12(14)13(15)10(7)8;/h2-6,15H,1H3;1H. The molecule has 2 heterocycles. The third-order valence-corrected chi connectivity index (χ3v) is 3.69. The molecule has 1 N–H and O–H groups in total. The second-order valence-corrected chi connectivity index (χ2v) is 4.67. The normalized spacial score (nSPS) is 10.6. The lowest BCUT2D eigenvalue weighted by Crippen LogP contribution is -2.17. The molecule has 3 nitrogen and oxygen atoms in total. The monoisotopic (exact) mass is 267 g/mol. The number of rotatable bonds is 0. The second-order valence-electron chi connectivity index (χ2n) is 3.75. The van der Waals surface area contributed by atoms with Gasteiger partial charge in [0.1, 0.15) is 4.70 Å². The zero-order valence-electron chi connectivity index (χ0n) is 9.01. The van der Waals surface area contributed by atoms with Crippen LogP contribution in [-0.4, -0.2) is 9.94 Å². The minimum absolute atomic E-state index is 0. The molecule has 88 valence electrons. The van der Waals surface area contributed by atoms with Gasteiger partial charge in [0.25, 0.3) is 0 Å². The molecule has 2 aromatic heterocycles. The number of aryl methyl sites for hydroxylation is 1. The van der Waals surface area contributed by atoms with Crippen LogP contribution in [0.1, 0.15) is 5.56 Å². The predicted molar refractivity (Wildman–Crippen MR) is 72.8 cm³/mol. The molecule has 0 aliphatic carbocycles. The number of fused-ring (bicyclic) bond motifs is 3. The van der Waals surface area contributed by atoms with Crippen LogP contribution in [0.2, 0.25) is 0 Å². The Bertz CT molecular complexity index is 760.